The zero-order chi connectivity index (χ0) is 24.2. The van der Waals surface area contributed by atoms with Gasteiger partial charge in [-0.1, -0.05) is 18.2 Å². The highest BCUT2D eigenvalue weighted by Crippen LogP contribution is 2.56. The van der Waals surface area contributed by atoms with Crippen LogP contribution in [0, 0.1) is 12.8 Å². The Morgan fingerprint density at radius 2 is 1.91 bits per heavy atom. The molecule has 4 aliphatic rings. The van der Waals surface area contributed by atoms with E-state index in [1.807, 2.05) is 42.2 Å². The van der Waals surface area contributed by atoms with Gasteiger partial charge < -0.3 is 15.1 Å². The lowest BCUT2D eigenvalue weighted by Gasteiger charge is -2.38. The zero-order valence-corrected chi connectivity index (χ0v) is 20.1. The molecule has 3 atom stereocenters. The maximum absolute atomic E-state index is 14.3. The van der Waals surface area contributed by atoms with E-state index >= 15 is 0 Å². The molecule has 3 saturated heterocycles. The topological polar surface area (TPSA) is 85.8 Å². The van der Waals surface area contributed by atoms with Gasteiger partial charge in [-0.15, -0.1) is 0 Å². The number of pyridine rings is 1. The Balaban J connectivity index is 1.39. The summed E-state index contributed by atoms with van der Waals surface area (Å²) in [7, 11) is 0. The van der Waals surface area contributed by atoms with Crippen molar-refractivity contribution in [2.24, 2.45) is 5.92 Å². The average Bonchev–Trinajstić information content (AvgIpc) is 3.52. The third kappa shape index (κ3) is 3.30. The number of carbonyl (C=O) groups is 3. The fourth-order valence-corrected chi connectivity index (χ4v) is 6.70. The van der Waals surface area contributed by atoms with Crippen molar-refractivity contribution in [3.63, 3.8) is 0 Å². The fourth-order valence-electron chi connectivity index (χ4n) is 6.70. The Hall–Kier alpha value is -3.26. The first-order valence-corrected chi connectivity index (χ1v) is 12.7. The average molecular weight is 474 g/mol. The summed E-state index contributed by atoms with van der Waals surface area (Å²) in [6, 6.07) is 11.8. The Morgan fingerprint density at radius 1 is 1.06 bits per heavy atom. The van der Waals surface area contributed by atoms with Crippen LogP contribution in [0.2, 0.25) is 0 Å². The minimum absolute atomic E-state index is 0.0202. The van der Waals surface area contributed by atoms with Gasteiger partial charge in [-0.2, -0.15) is 0 Å². The summed E-state index contributed by atoms with van der Waals surface area (Å²) >= 11 is 0. The van der Waals surface area contributed by atoms with Crippen LogP contribution < -0.4 is 10.2 Å². The second-order valence-corrected chi connectivity index (χ2v) is 10.1. The monoisotopic (exact) mass is 473 g/mol. The van der Waals surface area contributed by atoms with E-state index in [-0.39, 0.29) is 23.8 Å². The molecule has 3 fully saturated rings. The number of carbonyl (C=O) groups excluding carboxylic acids is 3. The van der Waals surface area contributed by atoms with E-state index in [0.717, 1.165) is 36.3 Å². The lowest BCUT2D eigenvalue weighted by atomic mass is 9.78. The number of aromatic nitrogens is 1. The van der Waals surface area contributed by atoms with Crippen LogP contribution in [-0.2, 0) is 15.1 Å². The quantitative estimate of drug-likeness (QED) is 0.686. The zero-order valence-electron chi connectivity index (χ0n) is 20.1. The van der Waals surface area contributed by atoms with Crippen LogP contribution in [0.3, 0.4) is 0 Å². The van der Waals surface area contributed by atoms with E-state index in [4.69, 9.17) is 0 Å². The first-order chi connectivity index (χ1) is 17.0. The molecule has 35 heavy (non-hydrogen) atoms. The highest BCUT2D eigenvalue weighted by atomic mass is 16.2. The molecule has 6 rings (SSSR count). The first kappa shape index (κ1) is 22.2. The van der Waals surface area contributed by atoms with Crippen LogP contribution in [0.4, 0.5) is 5.69 Å². The Kier molecular flexibility index (Phi) is 5.36. The van der Waals surface area contributed by atoms with Crippen molar-refractivity contribution < 1.29 is 14.4 Å². The van der Waals surface area contributed by atoms with Crippen molar-refractivity contribution in [3.8, 4) is 0 Å². The summed E-state index contributed by atoms with van der Waals surface area (Å²) in [4.78, 5) is 51.4. The van der Waals surface area contributed by atoms with Crippen molar-refractivity contribution in [2.75, 3.05) is 37.6 Å². The number of hydrogen-bond acceptors (Lipinski definition) is 5. The van der Waals surface area contributed by atoms with Crippen LogP contribution >= 0.6 is 0 Å². The number of hydrogen-bond donors (Lipinski definition) is 1. The molecular weight excluding hydrogens is 442 g/mol. The molecule has 182 valence electrons. The summed E-state index contributed by atoms with van der Waals surface area (Å²) in [5.41, 5.74) is 2.25. The van der Waals surface area contributed by atoms with Crippen LogP contribution in [0.15, 0.2) is 42.6 Å². The lowest BCUT2D eigenvalue weighted by Crippen LogP contribution is -2.57. The predicted octanol–water partition coefficient (Wildman–Crippen LogP) is 2.08. The number of aryl methyl sites for hydroxylation is 1. The molecule has 8 heteroatoms. The van der Waals surface area contributed by atoms with Crippen molar-refractivity contribution in [2.45, 2.75) is 44.2 Å². The van der Waals surface area contributed by atoms with Gasteiger partial charge >= 0.3 is 0 Å². The molecule has 1 aromatic carbocycles. The number of benzene rings is 1. The smallest absolute Gasteiger partial charge is 0.255 e. The van der Waals surface area contributed by atoms with Gasteiger partial charge in [0.15, 0.2) is 0 Å². The SMILES string of the molecule is Cc1ccc(C(=O)N2CCCNC(=O)[C@H]3C[C@@H]4CCCN4[C@@]34C(=O)N(CC2)c2ccccc24)cn1. The highest BCUT2D eigenvalue weighted by molar-refractivity contribution is 6.11. The van der Waals surface area contributed by atoms with Gasteiger partial charge in [-0.05, 0) is 57.4 Å². The molecule has 2 aromatic rings. The number of para-hydroxylation sites is 1. The maximum Gasteiger partial charge on any atom is 0.255 e. The van der Waals surface area contributed by atoms with E-state index in [9.17, 15) is 14.4 Å². The maximum atomic E-state index is 14.3. The third-order valence-corrected chi connectivity index (χ3v) is 8.28. The molecule has 2 bridgehead atoms. The molecule has 0 saturated carbocycles. The van der Waals surface area contributed by atoms with Crippen molar-refractivity contribution in [3.05, 3.63) is 59.4 Å². The predicted molar refractivity (Wildman–Crippen MR) is 131 cm³/mol. The van der Waals surface area contributed by atoms with E-state index in [1.165, 1.54) is 0 Å². The Bertz CT molecular complexity index is 1180. The second kappa shape index (κ2) is 8.45. The summed E-state index contributed by atoms with van der Waals surface area (Å²) < 4.78 is 0. The standard InChI is InChI=1S/C27H31N5O3/c1-18-9-10-19(17-29-18)25(34)30-12-5-11-28-24(33)22-16-20-6-4-13-32(20)27(22)21-7-2-3-8-23(21)31(15-14-30)26(27)35/h2-3,7-10,17,20,22H,4-6,11-16H2,1H3,(H,28,33)/t20-,22+,27+/m0/s1. The van der Waals surface area contributed by atoms with Gasteiger partial charge in [0.1, 0.15) is 5.54 Å². The van der Waals surface area contributed by atoms with E-state index in [1.54, 1.807) is 17.2 Å². The largest absolute Gasteiger partial charge is 0.356 e. The molecule has 0 radical (unpaired) electrons. The van der Waals surface area contributed by atoms with Crippen LogP contribution in [0.5, 0.6) is 0 Å². The number of rotatable bonds is 1. The molecule has 1 aromatic heterocycles. The normalized spacial score (nSPS) is 28.6. The molecule has 5 heterocycles. The molecule has 4 aliphatic heterocycles. The van der Waals surface area contributed by atoms with Crippen LogP contribution in [0.1, 0.15) is 47.3 Å². The summed E-state index contributed by atoms with van der Waals surface area (Å²) in [5, 5.41) is 3.11. The van der Waals surface area contributed by atoms with Gasteiger partial charge in [-0.25, -0.2) is 0 Å². The molecule has 3 amide bonds. The summed E-state index contributed by atoms with van der Waals surface area (Å²) in [5.74, 6) is -0.574. The van der Waals surface area contributed by atoms with E-state index < -0.39 is 11.5 Å². The third-order valence-electron chi connectivity index (χ3n) is 8.28. The molecular formula is C27H31N5O3. The first-order valence-electron chi connectivity index (χ1n) is 12.7. The lowest BCUT2D eigenvalue weighted by molar-refractivity contribution is -0.139. The number of amides is 3. The number of nitrogens with one attached hydrogen (secondary N) is 1. The van der Waals surface area contributed by atoms with Gasteiger partial charge in [0.25, 0.3) is 11.8 Å². The Labute approximate surface area is 205 Å². The summed E-state index contributed by atoms with van der Waals surface area (Å²) in [6.07, 6.45) is 5.05. The van der Waals surface area contributed by atoms with Crippen LogP contribution in [0.25, 0.3) is 0 Å². The number of fused-ring (bicyclic) bond motifs is 4. The molecule has 1 spiro atoms. The van der Waals surface area contributed by atoms with Crippen molar-refractivity contribution in [1.29, 1.82) is 0 Å². The molecule has 8 nitrogen and oxygen atoms in total. The van der Waals surface area contributed by atoms with Crippen molar-refractivity contribution >= 4 is 23.4 Å². The Morgan fingerprint density at radius 3 is 2.74 bits per heavy atom. The van der Waals surface area contributed by atoms with Gasteiger partial charge in [0.2, 0.25) is 5.91 Å². The molecule has 0 aliphatic carbocycles. The van der Waals surface area contributed by atoms with E-state index in [2.05, 4.69) is 15.2 Å². The number of anilines is 1. The van der Waals surface area contributed by atoms with Gasteiger partial charge in [-0.3, -0.25) is 24.3 Å². The molecule has 0 unspecified atom stereocenters. The van der Waals surface area contributed by atoms with Crippen molar-refractivity contribution in [1.82, 2.24) is 20.1 Å². The van der Waals surface area contributed by atoms with Gasteiger partial charge in [0, 0.05) is 55.4 Å². The summed E-state index contributed by atoms with van der Waals surface area (Å²) in [6.45, 7) is 4.52. The number of nitrogens with zero attached hydrogens (tertiary/aromatic N) is 4. The fraction of sp³-hybridized carbons (Fsp3) is 0.481. The molecule has 1 N–H and O–H groups in total. The van der Waals surface area contributed by atoms with Gasteiger partial charge in [0.05, 0.1) is 11.5 Å². The minimum Gasteiger partial charge on any atom is -0.356 e. The van der Waals surface area contributed by atoms with Crippen LogP contribution in [-0.4, -0.2) is 71.3 Å². The minimum atomic E-state index is -0.948. The van der Waals surface area contributed by atoms with E-state index in [0.29, 0.717) is 44.6 Å². The second-order valence-electron chi connectivity index (χ2n) is 10.1. The highest BCUT2D eigenvalue weighted by Gasteiger charge is 2.67.